The lowest BCUT2D eigenvalue weighted by Crippen LogP contribution is -2.13. The van der Waals surface area contributed by atoms with Crippen LogP contribution in [0.3, 0.4) is 0 Å². The predicted molar refractivity (Wildman–Crippen MR) is 59.2 cm³/mol. The van der Waals surface area contributed by atoms with Crippen LogP contribution in [0.25, 0.3) is 0 Å². The van der Waals surface area contributed by atoms with E-state index >= 15 is 0 Å². The Bertz CT molecular complexity index is 305. The molecule has 0 unspecified atom stereocenters. The fourth-order valence-electron chi connectivity index (χ4n) is 1.42. The van der Waals surface area contributed by atoms with E-state index in [1.807, 2.05) is 11.6 Å². The Morgan fingerprint density at radius 3 is 2.36 bits per heavy atom. The van der Waals surface area contributed by atoms with Crippen molar-refractivity contribution in [3.63, 3.8) is 0 Å². The molecule has 2 N–H and O–H groups in total. The molecule has 0 aliphatic carbocycles. The first-order chi connectivity index (χ1) is 6.36. The molecule has 1 atom stereocenters. The number of nitrogens with zero attached hydrogens (tertiary/aromatic N) is 2. The van der Waals surface area contributed by atoms with E-state index in [0.717, 1.165) is 17.9 Å². The summed E-state index contributed by atoms with van der Waals surface area (Å²) < 4.78 is 1.99. The van der Waals surface area contributed by atoms with E-state index in [-0.39, 0.29) is 11.5 Å². The summed E-state index contributed by atoms with van der Waals surface area (Å²) in [5, 5.41) is 4.56. The number of hydrogen-bond acceptors (Lipinski definition) is 2. The maximum atomic E-state index is 5.89. The van der Waals surface area contributed by atoms with E-state index in [9.17, 15) is 0 Å². The quantitative estimate of drug-likeness (QED) is 0.786. The summed E-state index contributed by atoms with van der Waals surface area (Å²) in [6, 6.07) is 2.17. The zero-order valence-corrected chi connectivity index (χ0v) is 9.83. The number of hydrogen-bond donors (Lipinski definition) is 1. The van der Waals surface area contributed by atoms with Gasteiger partial charge in [0.05, 0.1) is 11.4 Å². The van der Waals surface area contributed by atoms with Gasteiger partial charge >= 0.3 is 0 Å². The third-order valence-corrected chi connectivity index (χ3v) is 2.35. The molecule has 3 nitrogen and oxygen atoms in total. The number of aromatic nitrogens is 2. The molecular weight excluding hydrogens is 174 g/mol. The van der Waals surface area contributed by atoms with E-state index in [1.165, 1.54) is 0 Å². The van der Waals surface area contributed by atoms with Crippen molar-refractivity contribution in [1.82, 2.24) is 9.78 Å². The van der Waals surface area contributed by atoms with Gasteiger partial charge in [0.2, 0.25) is 0 Å². The van der Waals surface area contributed by atoms with E-state index in [1.54, 1.807) is 0 Å². The molecule has 0 saturated carbocycles. The predicted octanol–water partition coefficient (Wildman–Crippen LogP) is 2.22. The van der Waals surface area contributed by atoms with Crippen molar-refractivity contribution >= 4 is 0 Å². The van der Waals surface area contributed by atoms with Crippen molar-refractivity contribution in [2.75, 3.05) is 0 Å². The molecule has 0 spiro atoms. The van der Waals surface area contributed by atoms with Crippen molar-refractivity contribution in [2.45, 2.75) is 52.6 Å². The Labute approximate surface area is 86.3 Å². The summed E-state index contributed by atoms with van der Waals surface area (Å²) in [4.78, 5) is 0. The van der Waals surface area contributed by atoms with Gasteiger partial charge in [-0.2, -0.15) is 5.10 Å². The highest BCUT2D eigenvalue weighted by molar-refractivity contribution is 5.19. The second kappa shape index (κ2) is 3.73. The summed E-state index contributed by atoms with van der Waals surface area (Å²) in [6.07, 6.45) is 0. The SMILES string of the molecule is CCn1nc(C(C)(C)C)cc1[C@@H](C)N. The Kier molecular flexibility index (Phi) is 3.00. The topological polar surface area (TPSA) is 43.8 Å². The number of nitrogens with two attached hydrogens (primary N) is 1. The summed E-state index contributed by atoms with van der Waals surface area (Å²) in [7, 11) is 0. The largest absolute Gasteiger partial charge is 0.323 e. The van der Waals surface area contributed by atoms with Crippen LogP contribution >= 0.6 is 0 Å². The smallest absolute Gasteiger partial charge is 0.0681 e. The van der Waals surface area contributed by atoms with Gasteiger partial charge in [-0.1, -0.05) is 20.8 Å². The molecule has 0 aliphatic rings. The second-order valence-electron chi connectivity index (χ2n) is 4.81. The maximum Gasteiger partial charge on any atom is 0.0681 e. The summed E-state index contributed by atoms with van der Waals surface area (Å²) in [5.41, 5.74) is 8.23. The van der Waals surface area contributed by atoms with Crippen molar-refractivity contribution in [3.8, 4) is 0 Å². The number of aryl methyl sites for hydroxylation is 1. The monoisotopic (exact) mass is 195 g/mol. The van der Waals surface area contributed by atoms with Gasteiger partial charge in [0.15, 0.2) is 0 Å². The molecule has 1 aromatic heterocycles. The molecule has 14 heavy (non-hydrogen) atoms. The zero-order valence-electron chi connectivity index (χ0n) is 9.83. The van der Waals surface area contributed by atoms with Crippen LogP contribution in [-0.4, -0.2) is 9.78 Å². The van der Waals surface area contributed by atoms with E-state index in [4.69, 9.17) is 5.73 Å². The molecule has 1 rings (SSSR count). The van der Waals surface area contributed by atoms with Gasteiger partial charge in [-0.3, -0.25) is 4.68 Å². The molecule has 1 heterocycles. The highest BCUT2D eigenvalue weighted by Crippen LogP contribution is 2.23. The molecule has 0 aromatic carbocycles. The van der Waals surface area contributed by atoms with Gasteiger partial charge in [-0.05, 0) is 19.9 Å². The van der Waals surface area contributed by atoms with E-state index in [0.29, 0.717) is 0 Å². The van der Waals surface area contributed by atoms with E-state index < -0.39 is 0 Å². The third kappa shape index (κ3) is 2.15. The molecule has 0 saturated heterocycles. The van der Waals surface area contributed by atoms with Crippen LogP contribution in [0, 0.1) is 0 Å². The van der Waals surface area contributed by atoms with Gasteiger partial charge in [-0.15, -0.1) is 0 Å². The molecule has 0 aliphatic heterocycles. The second-order valence-corrected chi connectivity index (χ2v) is 4.81. The molecule has 0 bridgehead atoms. The third-order valence-electron chi connectivity index (χ3n) is 2.35. The summed E-state index contributed by atoms with van der Waals surface area (Å²) >= 11 is 0. The van der Waals surface area contributed by atoms with Crippen molar-refractivity contribution in [3.05, 3.63) is 17.5 Å². The lowest BCUT2D eigenvalue weighted by Gasteiger charge is -2.14. The zero-order chi connectivity index (χ0) is 10.9. The Morgan fingerprint density at radius 2 is 2.07 bits per heavy atom. The van der Waals surface area contributed by atoms with Gasteiger partial charge in [-0.25, -0.2) is 0 Å². The van der Waals surface area contributed by atoms with Crippen LogP contribution in [0.15, 0.2) is 6.07 Å². The first-order valence-electron chi connectivity index (χ1n) is 5.20. The Hall–Kier alpha value is -0.830. The van der Waals surface area contributed by atoms with Crippen molar-refractivity contribution in [1.29, 1.82) is 0 Å². The molecule has 80 valence electrons. The standard InChI is InChI=1S/C11H21N3/c1-6-14-9(8(2)12)7-10(13-14)11(3,4)5/h7-8H,6,12H2,1-5H3/t8-/m1/s1. The first kappa shape index (κ1) is 11.2. The Morgan fingerprint density at radius 1 is 1.50 bits per heavy atom. The van der Waals surface area contributed by atoms with Gasteiger partial charge in [0.1, 0.15) is 0 Å². The van der Waals surface area contributed by atoms with Crippen LogP contribution in [0.4, 0.5) is 0 Å². The lowest BCUT2D eigenvalue weighted by molar-refractivity contribution is 0.530. The average molecular weight is 195 g/mol. The normalized spacial score (nSPS) is 14.4. The van der Waals surface area contributed by atoms with Crippen molar-refractivity contribution < 1.29 is 0 Å². The molecule has 1 aromatic rings. The summed E-state index contributed by atoms with van der Waals surface area (Å²) in [5.74, 6) is 0. The highest BCUT2D eigenvalue weighted by Gasteiger charge is 2.20. The van der Waals surface area contributed by atoms with Crippen molar-refractivity contribution in [2.24, 2.45) is 5.73 Å². The Balaban J connectivity index is 3.13. The van der Waals surface area contributed by atoms with Crippen LogP contribution in [0.2, 0.25) is 0 Å². The molecule has 0 radical (unpaired) electrons. The van der Waals surface area contributed by atoms with E-state index in [2.05, 4.69) is 38.9 Å². The fourth-order valence-corrected chi connectivity index (χ4v) is 1.42. The number of rotatable bonds is 2. The van der Waals surface area contributed by atoms with Gasteiger partial charge in [0.25, 0.3) is 0 Å². The fraction of sp³-hybridized carbons (Fsp3) is 0.727. The first-order valence-corrected chi connectivity index (χ1v) is 5.20. The minimum Gasteiger partial charge on any atom is -0.323 e. The average Bonchev–Trinajstić information content (AvgIpc) is 2.45. The molecule has 0 amide bonds. The molecule has 0 fully saturated rings. The highest BCUT2D eigenvalue weighted by atomic mass is 15.3. The maximum absolute atomic E-state index is 5.89. The summed E-state index contributed by atoms with van der Waals surface area (Å²) in [6.45, 7) is 11.5. The lowest BCUT2D eigenvalue weighted by atomic mass is 9.92. The van der Waals surface area contributed by atoms with Gasteiger partial charge < -0.3 is 5.73 Å². The van der Waals surface area contributed by atoms with Crippen LogP contribution in [-0.2, 0) is 12.0 Å². The molecule has 3 heteroatoms. The molecular formula is C11H21N3. The van der Waals surface area contributed by atoms with Gasteiger partial charge in [0, 0.05) is 18.0 Å². The minimum atomic E-state index is 0.0542. The van der Waals surface area contributed by atoms with Crippen LogP contribution in [0.5, 0.6) is 0 Å². The van der Waals surface area contributed by atoms with Crippen LogP contribution in [0.1, 0.15) is 52.0 Å². The minimum absolute atomic E-state index is 0.0542. The van der Waals surface area contributed by atoms with Crippen LogP contribution < -0.4 is 5.73 Å².